The standard InChI is InChI=1S/C23H26N2O4/c1-14(2)29-18-7-5-6-17(13-18)16(4)24-21(26)10-11-25-22(27)19-9-8-15(3)12-20(19)23(25)28/h5-9,12-14,16H,10-11H2,1-4H3,(H,24,26). The first-order valence-electron chi connectivity index (χ1n) is 9.79. The number of amides is 3. The van der Waals surface area contributed by atoms with Crippen LogP contribution in [0.2, 0.25) is 0 Å². The Hall–Kier alpha value is -3.15. The molecule has 0 aliphatic carbocycles. The molecule has 0 fully saturated rings. The Bertz CT molecular complexity index is 952. The summed E-state index contributed by atoms with van der Waals surface area (Å²) in [6, 6.07) is 12.5. The molecule has 0 saturated heterocycles. The van der Waals surface area contributed by atoms with E-state index in [0.29, 0.717) is 11.1 Å². The first kappa shape index (κ1) is 20.6. The molecule has 3 rings (SSSR count). The summed E-state index contributed by atoms with van der Waals surface area (Å²) in [6.45, 7) is 7.73. The Balaban J connectivity index is 1.58. The Morgan fingerprint density at radius 2 is 1.76 bits per heavy atom. The highest BCUT2D eigenvalue weighted by molar-refractivity contribution is 6.21. The first-order valence-corrected chi connectivity index (χ1v) is 9.79. The number of carbonyl (C=O) groups is 3. The summed E-state index contributed by atoms with van der Waals surface area (Å²) in [5, 5.41) is 2.92. The molecule has 6 nitrogen and oxygen atoms in total. The highest BCUT2D eigenvalue weighted by Gasteiger charge is 2.35. The van der Waals surface area contributed by atoms with Crippen LogP contribution in [0.3, 0.4) is 0 Å². The van der Waals surface area contributed by atoms with E-state index >= 15 is 0 Å². The van der Waals surface area contributed by atoms with E-state index in [4.69, 9.17) is 4.74 Å². The smallest absolute Gasteiger partial charge is 0.261 e. The number of fused-ring (bicyclic) bond motifs is 1. The average molecular weight is 394 g/mol. The molecule has 152 valence electrons. The maximum Gasteiger partial charge on any atom is 0.261 e. The van der Waals surface area contributed by atoms with Crippen molar-refractivity contribution >= 4 is 17.7 Å². The molecule has 0 spiro atoms. The average Bonchev–Trinajstić information content (AvgIpc) is 2.89. The highest BCUT2D eigenvalue weighted by atomic mass is 16.5. The van der Waals surface area contributed by atoms with Crippen LogP contribution in [-0.2, 0) is 4.79 Å². The van der Waals surface area contributed by atoms with Gasteiger partial charge in [0.05, 0.1) is 23.3 Å². The van der Waals surface area contributed by atoms with Crippen molar-refractivity contribution in [3.8, 4) is 5.75 Å². The van der Waals surface area contributed by atoms with Gasteiger partial charge in [0.1, 0.15) is 5.75 Å². The van der Waals surface area contributed by atoms with Crippen LogP contribution >= 0.6 is 0 Å². The van der Waals surface area contributed by atoms with Crippen molar-refractivity contribution in [1.29, 1.82) is 0 Å². The molecule has 6 heteroatoms. The number of hydrogen-bond donors (Lipinski definition) is 1. The lowest BCUT2D eigenvalue weighted by atomic mass is 10.1. The predicted octanol–water partition coefficient (Wildman–Crippen LogP) is 3.65. The van der Waals surface area contributed by atoms with Gasteiger partial charge in [0.15, 0.2) is 0 Å². The Morgan fingerprint density at radius 3 is 2.48 bits per heavy atom. The summed E-state index contributed by atoms with van der Waals surface area (Å²) in [6.07, 6.45) is 0.121. The molecule has 3 amide bonds. The van der Waals surface area contributed by atoms with E-state index in [1.54, 1.807) is 18.2 Å². The fourth-order valence-electron chi connectivity index (χ4n) is 3.35. The van der Waals surface area contributed by atoms with Crippen molar-refractivity contribution in [1.82, 2.24) is 10.2 Å². The molecule has 0 bridgehead atoms. The molecule has 1 aliphatic heterocycles. The van der Waals surface area contributed by atoms with Crippen LogP contribution in [0.5, 0.6) is 5.75 Å². The molecular weight excluding hydrogens is 368 g/mol. The Kier molecular flexibility index (Phi) is 6.01. The van der Waals surface area contributed by atoms with Crippen LogP contribution in [0.25, 0.3) is 0 Å². The molecule has 1 aliphatic rings. The Morgan fingerprint density at radius 1 is 1.03 bits per heavy atom. The minimum atomic E-state index is -0.343. The van der Waals surface area contributed by atoms with Gasteiger partial charge in [-0.3, -0.25) is 19.3 Å². The van der Waals surface area contributed by atoms with Gasteiger partial charge in [0, 0.05) is 13.0 Å². The SMILES string of the molecule is Cc1ccc2c(c1)C(=O)N(CCC(=O)NC(C)c1cccc(OC(C)C)c1)C2=O. The molecule has 0 radical (unpaired) electrons. The number of ether oxygens (including phenoxy) is 1. The topological polar surface area (TPSA) is 75.7 Å². The second-order valence-corrected chi connectivity index (χ2v) is 7.59. The molecule has 1 N–H and O–H groups in total. The molecule has 2 aromatic rings. The van der Waals surface area contributed by atoms with Crippen molar-refractivity contribution < 1.29 is 19.1 Å². The molecule has 29 heavy (non-hydrogen) atoms. The van der Waals surface area contributed by atoms with Gasteiger partial charge in [-0.05, 0) is 57.5 Å². The number of imide groups is 1. The van der Waals surface area contributed by atoms with E-state index in [-0.39, 0.29) is 42.8 Å². The number of rotatable bonds is 7. The van der Waals surface area contributed by atoms with Crippen LogP contribution in [0.4, 0.5) is 0 Å². The third-order valence-corrected chi connectivity index (χ3v) is 4.80. The zero-order chi connectivity index (χ0) is 21.1. The lowest BCUT2D eigenvalue weighted by molar-refractivity contribution is -0.121. The Labute approximate surface area is 170 Å². The van der Waals surface area contributed by atoms with E-state index in [1.807, 2.05) is 52.0 Å². The third-order valence-electron chi connectivity index (χ3n) is 4.80. The number of hydrogen-bond acceptors (Lipinski definition) is 4. The summed E-state index contributed by atoms with van der Waals surface area (Å²) in [5.74, 6) is -0.155. The number of aryl methyl sites for hydroxylation is 1. The number of carbonyl (C=O) groups excluding carboxylic acids is 3. The van der Waals surface area contributed by atoms with E-state index in [2.05, 4.69) is 5.32 Å². The predicted molar refractivity (Wildman–Crippen MR) is 110 cm³/mol. The number of nitrogens with zero attached hydrogens (tertiary/aromatic N) is 1. The van der Waals surface area contributed by atoms with E-state index in [9.17, 15) is 14.4 Å². The molecular formula is C23H26N2O4. The third kappa shape index (κ3) is 4.65. The van der Waals surface area contributed by atoms with Crippen molar-refractivity contribution in [2.24, 2.45) is 0 Å². The summed E-state index contributed by atoms with van der Waals surface area (Å²) >= 11 is 0. The van der Waals surface area contributed by atoms with Crippen molar-refractivity contribution in [3.05, 3.63) is 64.7 Å². The lowest BCUT2D eigenvalue weighted by Crippen LogP contribution is -2.35. The second kappa shape index (κ2) is 8.47. The molecule has 1 unspecified atom stereocenters. The van der Waals surface area contributed by atoms with E-state index in [1.165, 1.54) is 0 Å². The minimum Gasteiger partial charge on any atom is -0.491 e. The van der Waals surface area contributed by atoms with Crippen LogP contribution < -0.4 is 10.1 Å². The fourth-order valence-corrected chi connectivity index (χ4v) is 3.35. The van der Waals surface area contributed by atoms with Crippen molar-refractivity contribution in [2.75, 3.05) is 6.54 Å². The van der Waals surface area contributed by atoms with Gasteiger partial charge < -0.3 is 10.1 Å². The largest absolute Gasteiger partial charge is 0.491 e. The van der Waals surface area contributed by atoms with Crippen LogP contribution in [0, 0.1) is 6.92 Å². The van der Waals surface area contributed by atoms with Gasteiger partial charge in [-0.1, -0.05) is 23.8 Å². The molecule has 0 aromatic heterocycles. The monoisotopic (exact) mass is 394 g/mol. The number of nitrogens with one attached hydrogen (secondary N) is 1. The van der Waals surface area contributed by atoms with Crippen LogP contribution in [-0.4, -0.2) is 35.3 Å². The van der Waals surface area contributed by atoms with E-state index in [0.717, 1.165) is 21.8 Å². The highest BCUT2D eigenvalue weighted by Crippen LogP contribution is 2.24. The molecule has 1 atom stereocenters. The molecule has 2 aromatic carbocycles. The summed E-state index contributed by atoms with van der Waals surface area (Å²) in [5.41, 5.74) is 2.65. The zero-order valence-electron chi connectivity index (χ0n) is 17.2. The van der Waals surface area contributed by atoms with Crippen molar-refractivity contribution in [3.63, 3.8) is 0 Å². The summed E-state index contributed by atoms with van der Waals surface area (Å²) in [7, 11) is 0. The van der Waals surface area contributed by atoms with Crippen molar-refractivity contribution in [2.45, 2.75) is 46.3 Å². The van der Waals surface area contributed by atoms with Gasteiger partial charge in [0.25, 0.3) is 11.8 Å². The quantitative estimate of drug-likeness (QED) is 0.728. The fraction of sp³-hybridized carbons (Fsp3) is 0.348. The van der Waals surface area contributed by atoms with E-state index < -0.39 is 0 Å². The zero-order valence-corrected chi connectivity index (χ0v) is 17.2. The van der Waals surface area contributed by atoms with Gasteiger partial charge in [0.2, 0.25) is 5.91 Å². The van der Waals surface area contributed by atoms with Gasteiger partial charge in [-0.15, -0.1) is 0 Å². The minimum absolute atomic E-state index is 0.0526. The maximum absolute atomic E-state index is 12.5. The lowest BCUT2D eigenvalue weighted by Gasteiger charge is -2.18. The summed E-state index contributed by atoms with van der Waals surface area (Å²) < 4.78 is 5.69. The van der Waals surface area contributed by atoms with Crippen LogP contribution in [0.1, 0.15) is 65.1 Å². The first-order chi connectivity index (χ1) is 13.8. The van der Waals surface area contributed by atoms with Gasteiger partial charge >= 0.3 is 0 Å². The molecule has 0 saturated carbocycles. The van der Waals surface area contributed by atoms with Gasteiger partial charge in [-0.25, -0.2) is 0 Å². The van der Waals surface area contributed by atoms with Crippen LogP contribution in [0.15, 0.2) is 42.5 Å². The summed E-state index contributed by atoms with van der Waals surface area (Å²) in [4.78, 5) is 38.5. The number of benzene rings is 2. The van der Waals surface area contributed by atoms with Gasteiger partial charge in [-0.2, -0.15) is 0 Å². The molecule has 1 heterocycles. The second-order valence-electron chi connectivity index (χ2n) is 7.59. The normalized spacial score (nSPS) is 14.2. The maximum atomic E-state index is 12.5.